The molecule has 1 aliphatic heterocycles. The Kier molecular flexibility index (Phi) is 4.84. The summed E-state index contributed by atoms with van der Waals surface area (Å²) in [5, 5.41) is 2.92. The van der Waals surface area contributed by atoms with Crippen LogP contribution in [-0.2, 0) is 4.79 Å². The molecule has 2 aromatic carbocycles. The van der Waals surface area contributed by atoms with Crippen LogP contribution in [0.25, 0.3) is 11.1 Å². The van der Waals surface area contributed by atoms with Gasteiger partial charge in [-0.3, -0.25) is 19.6 Å². The summed E-state index contributed by atoms with van der Waals surface area (Å²) in [6, 6.07) is 21.5. The number of aromatic nitrogens is 1. The van der Waals surface area contributed by atoms with Crippen molar-refractivity contribution < 1.29 is 4.79 Å². The first-order chi connectivity index (χ1) is 14.3. The molecular weight excluding hydrogens is 360 g/mol. The number of nitrogens with zero attached hydrogens (tertiary/aromatic N) is 3. The van der Waals surface area contributed by atoms with Gasteiger partial charge in [-0.25, -0.2) is 0 Å². The van der Waals surface area contributed by atoms with E-state index in [-0.39, 0.29) is 5.91 Å². The SMILES string of the molecule is O=C(CN1CCN(C2c3ccccc3-c3ccccc32)CC1)Nc1cccnc1. The van der Waals surface area contributed by atoms with Gasteiger partial charge in [0.2, 0.25) is 5.91 Å². The molecule has 1 saturated heterocycles. The molecule has 146 valence electrons. The van der Waals surface area contributed by atoms with Crippen LogP contribution in [0.1, 0.15) is 17.2 Å². The van der Waals surface area contributed by atoms with Crippen molar-refractivity contribution in [3.63, 3.8) is 0 Å². The number of piperazine rings is 1. The minimum atomic E-state index is 0.0167. The molecule has 3 aromatic rings. The fraction of sp³-hybridized carbons (Fsp3) is 0.250. The van der Waals surface area contributed by atoms with Crippen molar-refractivity contribution >= 4 is 11.6 Å². The lowest BCUT2D eigenvalue weighted by molar-refractivity contribution is -0.117. The van der Waals surface area contributed by atoms with E-state index in [1.165, 1.54) is 22.3 Å². The van der Waals surface area contributed by atoms with E-state index < -0.39 is 0 Å². The fourth-order valence-electron chi connectivity index (χ4n) is 4.54. The van der Waals surface area contributed by atoms with Gasteiger partial charge in [-0.05, 0) is 34.4 Å². The van der Waals surface area contributed by atoms with Gasteiger partial charge in [0, 0.05) is 32.4 Å². The highest BCUT2D eigenvalue weighted by Gasteiger charge is 2.34. The Morgan fingerprint density at radius 2 is 1.55 bits per heavy atom. The van der Waals surface area contributed by atoms with Gasteiger partial charge in [-0.2, -0.15) is 0 Å². The molecule has 0 bridgehead atoms. The van der Waals surface area contributed by atoms with Crippen LogP contribution < -0.4 is 5.32 Å². The summed E-state index contributed by atoms with van der Waals surface area (Å²) in [7, 11) is 0. The minimum absolute atomic E-state index is 0.0167. The zero-order valence-corrected chi connectivity index (χ0v) is 16.3. The molecule has 0 spiro atoms. The van der Waals surface area contributed by atoms with Gasteiger partial charge in [0.25, 0.3) is 0 Å². The van der Waals surface area contributed by atoms with Crippen LogP contribution in [0.4, 0.5) is 5.69 Å². The molecule has 5 nitrogen and oxygen atoms in total. The third kappa shape index (κ3) is 3.55. The molecule has 2 heterocycles. The summed E-state index contributed by atoms with van der Waals surface area (Å²) in [5.41, 5.74) is 6.25. The second kappa shape index (κ2) is 7.78. The summed E-state index contributed by atoms with van der Waals surface area (Å²) >= 11 is 0. The Hall–Kier alpha value is -3.02. The first kappa shape index (κ1) is 18.0. The van der Waals surface area contributed by atoms with Crippen LogP contribution >= 0.6 is 0 Å². The second-order valence-electron chi connectivity index (χ2n) is 7.68. The van der Waals surface area contributed by atoms with E-state index >= 15 is 0 Å². The van der Waals surface area contributed by atoms with E-state index in [0.717, 1.165) is 31.9 Å². The normalized spacial score (nSPS) is 17.0. The molecule has 1 fully saturated rings. The molecule has 0 unspecified atom stereocenters. The fourth-order valence-corrected chi connectivity index (χ4v) is 4.54. The number of hydrogen-bond acceptors (Lipinski definition) is 4. The third-order valence-corrected chi connectivity index (χ3v) is 5.89. The van der Waals surface area contributed by atoms with Crippen LogP contribution in [0, 0.1) is 0 Å². The molecule has 29 heavy (non-hydrogen) atoms. The zero-order chi connectivity index (χ0) is 19.6. The molecule has 5 heteroatoms. The molecule has 2 aliphatic rings. The summed E-state index contributed by atoms with van der Waals surface area (Å²) in [4.78, 5) is 21.2. The topological polar surface area (TPSA) is 48.5 Å². The van der Waals surface area contributed by atoms with Crippen LogP contribution in [0.15, 0.2) is 73.1 Å². The van der Waals surface area contributed by atoms with Gasteiger partial charge in [0.1, 0.15) is 0 Å². The van der Waals surface area contributed by atoms with Crippen molar-refractivity contribution in [1.82, 2.24) is 14.8 Å². The smallest absolute Gasteiger partial charge is 0.238 e. The first-order valence-electron chi connectivity index (χ1n) is 10.1. The van der Waals surface area contributed by atoms with Crippen LogP contribution in [0.3, 0.4) is 0 Å². The highest BCUT2D eigenvalue weighted by atomic mass is 16.2. The van der Waals surface area contributed by atoms with Crippen molar-refractivity contribution in [2.75, 3.05) is 38.0 Å². The standard InChI is InChI=1S/C24H24N4O/c29-23(26-18-6-5-11-25-16-18)17-27-12-14-28(15-13-27)24-21-9-3-1-7-19(21)20-8-2-4-10-22(20)24/h1-11,16,24H,12-15,17H2,(H,26,29). The average molecular weight is 384 g/mol. The molecule has 1 N–H and O–H groups in total. The number of amides is 1. The van der Waals surface area contributed by atoms with Crippen molar-refractivity contribution in [3.8, 4) is 11.1 Å². The van der Waals surface area contributed by atoms with Gasteiger partial charge in [0.15, 0.2) is 0 Å². The Bertz CT molecular complexity index is 967. The average Bonchev–Trinajstić information content (AvgIpc) is 3.10. The molecule has 1 aromatic heterocycles. The van der Waals surface area contributed by atoms with Gasteiger partial charge < -0.3 is 5.32 Å². The molecular formula is C24H24N4O. The zero-order valence-electron chi connectivity index (χ0n) is 16.3. The van der Waals surface area contributed by atoms with Crippen molar-refractivity contribution in [1.29, 1.82) is 0 Å². The number of rotatable bonds is 4. The number of fused-ring (bicyclic) bond motifs is 3. The first-order valence-corrected chi connectivity index (χ1v) is 10.1. The van der Waals surface area contributed by atoms with Gasteiger partial charge in [-0.1, -0.05) is 48.5 Å². The lowest BCUT2D eigenvalue weighted by Crippen LogP contribution is -2.49. The number of nitrogens with one attached hydrogen (secondary N) is 1. The maximum atomic E-state index is 12.4. The maximum Gasteiger partial charge on any atom is 0.238 e. The predicted octanol–water partition coefficient (Wildman–Crippen LogP) is 3.41. The van der Waals surface area contributed by atoms with E-state index in [2.05, 4.69) is 68.6 Å². The van der Waals surface area contributed by atoms with Crippen molar-refractivity contribution in [2.45, 2.75) is 6.04 Å². The van der Waals surface area contributed by atoms with E-state index in [9.17, 15) is 4.79 Å². The van der Waals surface area contributed by atoms with E-state index in [0.29, 0.717) is 12.6 Å². The molecule has 0 saturated carbocycles. The van der Waals surface area contributed by atoms with Gasteiger partial charge in [0.05, 0.1) is 24.5 Å². The number of benzene rings is 2. The largest absolute Gasteiger partial charge is 0.324 e. The second-order valence-corrected chi connectivity index (χ2v) is 7.68. The summed E-state index contributed by atoms with van der Waals surface area (Å²) in [6.07, 6.45) is 3.37. The molecule has 0 atom stereocenters. The Morgan fingerprint density at radius 3 is 2.17 bits per heavy atom. The molecule has 5 rings (SSSR count). The van der Waals surface area contributed by atoms with Crippen molar-refractivity contribution in [2.24, 2.45) is 0 Å². The van der Waals surface area contributed by atoms with Crippen LogP contribution in [0.2, 0.25) is 0 Å². The van der Waals surface area contributed by atoms with E-state index in [4.69, 9.17) is 0 Å². The van der Waals surface area contributed by atoms with Crippen LogP contribution in [-0.4, -0.2) is 53.4 Å². The van der Waals surface area contributed by atoms with Crippen LogP contribution in [0.5, 0.6) is 0 Å². The number of anilines is 1. The van der Waals surface area contributed by atoms with Gasteiger partial charge >= 0.3 is 0 Å². The lowest BCUT2D eigenvalue weighted by Gasteiger charge is -2.38. The number of carbonyl (C=O) groups excluding carboxylic acids is 1. The Balaban J connectivity index is 1.25. The van der Waals surface area contributed by atoms with Gasteiger partial charge in [-0.15, -0.1) is 0 Å². The summed E-state index contributed by atoms with van der Waals surface area (Å²) in [6.45, 7) is 4.10. The number of hydrogen-bond donors (Lipinski definition) is 1. The molecule has 0 radical (unpaired) electrons. The minimum Gasteiger partial charge on any atom is -0.324 e. The number of pyridine rings is 1. The third-order valence-electron chi connectivity index (χ3n) is 5.89. The predicted molar refractivity (Wildman–Crippen MR) is 115 cm³/mol. The Labute approximate surface area is 171 Å². The van der Waals surface area contributed by atoms with E-state index in [1.807, 2.05) is 12.1 Å². The summed E-state index contributed by atoms with van der Waals surface area (Å²) in [5.74, 6) is 0.0167. The molecule has 1 aliphatic carbocycles. The highest BCUT2D eigenvalue weighted by molar-refractivity contribution is 5.92. The number of carbonyl (C=O) groups is 1. The van der Waals surface area contributed by atoms with Crippen molar-refractivity contribution in [3.05, 3.63) is 84.2 Å². The quantitative estimate of drug-likeness (QED) is 0.749. The summed E-state index contributed by atoms with van der Waals surface area (Å²) < 4.78 is 0. The Morgan fingerprint density at radius 1 is 0.897 bits per heavy atom. The lowest BCUT2D eigenvalue weighted by atomic mass is 10.0. The molecule has 1 amide bonds. The monoisotopic (exact) mass is 384 g/mol. The maximum absolute atomic E-state index is 12.4. The highest BCUT2D eigenvalue weighted by Crippen LogP contribution is 2.46. The van der Waals surface area contributed by atoms with E-state index in [1.54, 1.807) is 12.4 Å².